The number of benzene rings is 2. The summed E-state index contributed by atoms with van der Waals surface area (Å²) in [6, 6.07) is 17.0. The Hall–Kier alpha value is -3.41. The average molecular weight is 503 g/mol. The van der Waals surface area contributed by atoms with Crippen LogP contribution in [0.4, 0.5) is 15.9 Å². The third kappa shape index (κ3) is 5.95. The first-order valence-corrected chi connectivity index (χ1v) is 13.3. The first-order chi connectivity index (χ1) is 18.1. The van der Waals surface area contributed by atoms with E-state index in [4.69, 9.17) is 15.1 Å². The van der Waals surface area contributed by atoms with Crippen LogP contribution in [-0.4, -0.2) is 55.7 Å². The van der Waals surface area contributed by atoms with E-state index < -0.39 is 5.82 Å². The lowest BCUT2D eigenvalue weighted by atomic mass is 10.0. The van der Waals surface area contributed by atoms with E-state index in [1.165, 1.54) is 30.7 Å². The van der Waals surface area contributed by atoms with Crippen molar-refractivity contribution in [3.05, 3.63) is 59.9 Å². The van der Waals surface area contributed by atoms with Gasteiger partial charge < -0.3 is 20.3 Å². The highest BCUT2D eigenvalue weighted by Crippen LogP contribution is 2.29. The van der Waals surface area contributed by atoms with Crippen molar-refractivity contribution in [1.82, 2.24) is 15.1 Å². The van der Waals surface area contributed by atoms with E-state index in [1.54, 1.807) is 13.2 Å². The van der Waals surface area contributed by atoms with Gasteiger partial charge >= 0.3 is 0 Å². The monoisotopic (exact) mass is 502 g/mol. The maximum Gasteiger partial charge on any atom is 0.149 e. The summed E-state index contributed by atoms with van der Waals surface area (Å²) >= 11 is 0. The number of hydrogen-bond donors (Lipinski definition) is 2. The van der Waals surface area contributed by atoms with Crippen LogP contribution in [0.5, 0.6) is 0 Å². The summed E-state index contributed by atoms with van der Waals surface area (Å²) in [6.45, 7) is 4.93. The van der Waals surface area contributed by atoms with Crippen molar-refractivity contribution in [1.29, 1.82) is 5.26 Å². The Morgan fingerprint density at radius 1 is 1.05 bits per heavy atom. The fourth-order valence-electron chi connectivity index (χ4n) is 5.33. The zero-order chi connectivity index (χ0) is 25.6. The standard InChI is InChI=1S/C29H35FN6O/c1-37-26-11-15-35(16-12-26)24-6-8-25(9-7-24)36-28(22-4-5-23(19-31)27(30)17-22)18-29(34-36)33-20-21-3-2-13-32-14-10-21/h4-9,17-18,21,26,32H,2-3,10-16,20H2,1H3,(H,33,34). The number of hydrogen-bond acceptors (Lipinski definition) is 6. The van der Waals surface area contributed by atoms with Gasteiger partial charge in [0.15, 0.2) is 0 Å². The van der Waals surface area contributed by atoms with Crippen LogP contribution in [0, 0.1) is 23.1 Å². The number of anilines is 2. The summed E-state index contributed by atoms with van der Waals surface area (Å²) < 4.78 is 21.9. The van der Waals surface area contributed by atoms with Crippen LogP contribution >= 0.6 is 0 Å². The van der Waals surface area contributed by atoms with Crippen molar-refractivity contribution in [2.45, 2.75) is 38.2 Å². The molecule has 1 atom stereocenters. The molecule has 3 aromatic rings. The maximum atomic E-state index is 14.5. The number of nitrogens with zero attached hydrogens (tertiary/aromatic N) is 4. The summed E-state index contributed by atoms with van der Waals surface area (Å²) in [5, 5.41) is 21.0. The molecule has 0 bridgehead atoms. The predicted molar refractivity (Wildman–Crippen MR) is 145 cm³/mol. The molecular weight excluding hydrogens is 467 g/mol. The van der Waals surface area contributed by atoms with Gasteiger partial charge in [-0.05, 0) is 87.5 Å². The van der Waals surface area contributed by atoms with Crippen molar-refractivity contribution in [2.75, 3.05) is 50.1 Å². The van der Waals surface area contributed by atoms with Crippen LogP contribution in [0.3, 0.4) is 0 Å². The van der Waals surface area contributed by atoms with E-state index in [0.29, 0.717) is 17.6 Å². The van der Waals surface area contributed by atoms with Gasteiger partial charge in [0.2, 0.25) is 0 Å². The second-order valence-corrected chi connectivity index (χ2v) is 10.00. The van der Waals surface area contributed by atoms with Gasteiger partial charge in [-0.1, -0.05) is 6.07 Å². The summed E-state index contributed by atoms with van der Waals surface area (Å²) in [4.78, 5) is 2.38. The Morgan fingerprint density at radius 3 is 2.57 bits per heavy atom. The highest BCUT2D eigenvalue weighted by atomic mass is 19.1. The van der Waals surface area contributed by atoms with Crippen LogP contribution in [-0.2, 0) is 4.74 Å². The van der Waals surface area contributed by atoms with E-state index in [0.717, 1.165) is 69.2 Å². The molecule has 2 aromatic carbocycles. The third-order valence-corrected chi connectivity index (χ3v) is 7.60. The van der Waals surface area contributed by atoms with Crippen LogP contribution in [0.15, 0.2) is 48.5 Å². The van der Waals surface area contributed by atoms with E-state index in [2.05, 4.69) is 39.8 Å². The number of halogens is 1. The number of methoxy groups -OCH3 is 1. The first kappa shape index (κ1) is 25.2. The molecule has 2 saturated heterocycles. The topological polar surface area (TPSA) is 78.1 Å². The molecule has 2 N–H and O–H groups in total. The lowest BCUT2D eigenvalue weighted by Crippen LogP contribution is -2.36. The Labute approximate surface area is 218 Å². The van der Waals surface area contributed by atoms with E-state index in [-0.39, 0.29) is 5.56 Å². The van der Waals surface area contributed by atoms with Crippen LogP contribution in [0.2, 0.25) is 0 Å². The molecule has 0 radical (unpaired) electrons. The molecule has 37 heavy (non-hydrogen) atoms. The maximum absolute atomic E-state index is 14.5. The molecule has 0 saturated carbocycles. The Balaban J connectivity index is 1.40. The number of rotatable bonds is 7. The first-order valence-electron chi connectivity index (χ1n) is 13.3. The van der Waals surface area contributed by atoms with Crippen LogP contribution < -0.4 is 15.5 Å². The summed E-state index contributed by atoms with van der Waals surface area (Å²) in [5.74, 6) is 0.836. The van der Waals surface area contributed by atoms with Gasteiger partial charge in [-0.3, -0.25) is 0 Å². The van der Waals surface area contributed by atoms with Crippen molar-refractivity contribution < 1.29 is 9.13 Å². The lowest BCUT2D eigenvalue weighted by Gasteiger charge is -2.33. The number of ether oxygens (including phenoxy) is 1. The molecule has 2 aliphatic rings. The fraction of sp³-hybridized carbons (Fsp3) is 0.448. The number of piperidine rings is 1. The van der Waals surface area contributed by atoms with Gasteiger partial charge in [0.1, 0.15) is 17.7 Å². The van der Waals surface area contributed by atoms with E-state index in [9.17, 15) is 4.39 Å². The van der Waals surface area contributed by atoms with Gasteiger partial charge in [-0.2, -0.15) is 5.26 Å². The van der Waals surface area contributed by atoms with Gasteiger partial charge in [0, 0.05) is 44.1 Å². The fourth-order valence-corrected chi connectivity index (χ4v) is 5.33. The summed E-state index contributed by atoms with van der Waals surface area (Å²) in [6.07, 6.45) is 5.92. The SMILES string of the molecule is COC1CCN(c2ccc(-n3nc(NCC4CCCNCC4)cc3-c3ccc(C#N)c(F)c3)cc2)CC1. The molecule has 2 fully saturated rings. The molecule has 0 amide bonds. The predicted octanol–water partition coefficient (Wildman–Crippen LogP) is 4.97. The molecule has 5 rings (SSSR count). The molecule has 0 spiro atoms. The minimum absolute atomic E-state index is 0.0386. The molecule has 2 aliphatic heterocycles. The number of aromatic nitrogens is 2. The smallest absolute Gasteiger partial charge is 0.149 e. The number of nitrogens with one attached hydrogen (secondary N) is 2. The molecule has 7 nitrogen and oxygen atoms in total. The number of nitriles is 1. The Kier molecular flexibility index (Phi) is 8.02. The van der Waals surface area contributed by atoms with Gasteiger partial charge in [0.05, 0.1) is 23.0 Å². The molecule has 194 valence electrons. The minimum Gasteiger partial charge on any atom is -0.381 e. The molecule has 0 aliphatic carbocycles. The Bertz CT molecular complexity index is 1220. The van der Waals surface area contributed by atoms with Gasteiger partial charge in [-0.15, -0.1) is 5.10 Å². The average Bonchev–Trinajstić information content (AvgIpc) is 3.19. The molecule has 1 unspecified atom stereocenters. The third-order valence-electron chi connectivity index (χ3n) is 7.60. The largest absolute Gasteiger partial charge is 0.381 e. The van der Waals surface area contributed by atoms with E-state index in [1.807, 2.05) is 16.8 Å². The highest BCUT2D eigenvalue weighted by molar-refractivity contribution is 5.67. The Morgan fingerprint density at radius 2 is 1.84 bits per heavy atom. The van der Waals surface area contributed by atoms with Crippen LogP contribution in [0.25, 0.3) is 16.9 Å². The summed E-state index contributed by atoms with van der Waals surface area (Å²) in [5.41, 5.74) is 3.58. The van der Waals surface area contributed by atoms with Crippen molar-refractivity contribution in [3.8, 4) is 23.0 Å². The zero-order valence-electron chi connectivity index (χ0n) is 21.4. The molecule has 1 aromatic heterocycles. The normalized spacial score (nSPS) is 18.8. The quantitative estimate of drug-likeness (QED) is 0.475. The van der Waals surface area contributed by atoms with Crippen molar-refractivity contribution in [2.24, 2.45) is 5.92 Å². The van der Waals surface area contributed by atoms with Gasteiger partial charge in [-0.25, -0.2) is 9.07 Å². The summed E-state index contributed by atoms with van der Waals surface area (Å²) in [7, 11) is 1.79. The van der Waals surface area contributed by atoms with Crippen molar-refractivity contribution in [3.63, 3.8) is 0 Å². The minimum atomic E-state index is -0.525. The molecule has 3 heterocycles. The molecule has 8 heteroatoms. The lowest BCUT2D eigenvalue weighted by molar-refractivity contribution is 0.0819. The second-order valence-electron chi connectivity index (χ2n) is 10.00. The highest BCUT2D eigenvalue weighted by Gasteiger charge is 2.20. The second kappa shape index (κ2) is 11.8. The van der Waals surface area contributed by atoms with Crippen molar-refractivity contribution >= 4 is 11.5 Å². The molecular formula is C29H35FN6O. The van der Waals surface area contributed by atoms with Crippen LogP contribution in [0.1, 0.15) is 37.7 Å². The zero-order valence-corrected chi connectivity index (χ0v) is 21.4. The van der Waals surface area contributed by atoms with Gasteiger partial charge in [0.25, 0.3) is 0 Å². The van der Waals surface area contributed by atoms with E-state index >= 15 is 0 Å².